The standard InChI is InChI=1S/C37H56O4/c1-9-36(5,6)31-22-26(13-11-17-38)20-29(34(31)40)33(28-16-15-24(3)19-25(28)4)30-21-27(14-12-18-39)23-32(35(30)41)37(7,8)10-2/h19-23,25,28,33,38-41H,9-18H2,1-8H3. The maximum Gasteiger partial charge on any atom is 0.123 e. The van der Waals surface area contributed by atoms with Crippen molar-refractivity contribution >= 4 is 0 Å². The summed E-state index contributed by atoms with van der Waals surface area (Å²) in [5, 5.41) is 43.5. The zero-order valence-electron chi connectivity index (χ0n) is 27.0. The fraction of sp³-hybridized carbons (Fsp3) is 0.622. The van der Waals surface area contributed by atoms with Gasteiger partial charge in [0.05, 0.1) is 0 Å². The van der Waals surface area contributed by atoms with E-state index in [0.717, 1.165) is 71.9 Å². The largest absolute Gasteiger partial charge is 0.507 e. The summed E-state index contributed by atoms with van der Waals surface area (Å²) in [5.74, 6) is 0.955. The summed E-state index contributed by atoms with van der Waals surface area (Å²) in [7, 11) is 0. The average Bonchev–Trinajstić information content (AvgIpc) is 2.93. The summed E-state index contributed by atoms with van der Waals surface area (Å²) < 4.78 is 0. The van der Waals surface area contributed by atoms with Crippen LogP contribution >= 0.6 is 0 Å². The van der Waals surface area contributed by atoms with Gasteiger partial charge in [-0.1, -0.05) is 84.4 Å². The lowest BCUT2D eigenvalue weighted by molar-refractivity contribution is 0.288. The molecule has 2 unspecified atom stereocenters. The fourth-order valence-electron chi connectivity index (χ4n) is 6.59. The maximum absolute atomic E-state index is 12.1. The Kier molecular flexibility index (Phi) is 11.2. The van der Waals surface area contributed by atoms with Gasteiger partial charge in [-0.25, -0.2) is 0 Å². The molecule has 0 aromatic heterocycles. The van der Waals surface area contributed by atoms with Crippen LogP contribution in [0.2, 0.25) is 0 Å². The van der Waals surface area contributed by atoms with Crippen LogP contribution in [0.15, 0.2) is 35.9 Å². The van der Waals surface area contributed by atoms with Crippen molar-refractivity contribution in [1.29, 1.82) is 0 Å². The van der Waals surface area contributed by atoms with Gasteiger partial charge < -0.3 is 20.4 Å². The van der Waals surface area contributed by atoms with E-state index in [2.05, 4.69) is 85.7 Å². The number of aryl methyl sites for hydroxylation is 2. The predicted molar refractivity (Wildman–Crippen MR) is 171 cm³/mol. The quantitative estimate of drug-likeness (QED) is 0.184. The highest BCUT2D eigenvalue weighted by atomic mass is 16.3. The third-order valence-electron chi connectivity index (χ3n) is 10.1. The molecule has 0 amide bonds. The zero-order chi connectivity index (χ0) is 30.5. The third kappa shape index (κ3) is 7.38. The van der Waals surface area contributed by atoms with E-state index in [4.69, 9.17) is 0 Å². The van der Waals surface area contributed by atoms with E-state index in [0.29, 0.717) is 24.3 Å². The molecule has 4 nitrogen and oxygen atoms in total. The second kappa shape index (κ2) is 13.8. The van der Waals surface area contributed by atoms with Crippen molar-refractivity contribution in [3.63, 3.8) is 0 Å². The molecule has 0 aliphatic heterocycles. The number of aromatic hydroxyl groups is 2. The van der Waals surface area contributed by atoms with Crippen molar-refractivity contribution in [2.45, 2.75) is 124 Å². The van der Waals surface area contributed by atoms with E-state index in [-0.39, 0.29) is 41.8 Å². The van der Waals surface area contributed by atoms with Gasteiger partial charge in [-0.3, -0.25) is 0 Å². The summed E-state index contributed by atoms with van der Waals surface area (Å²) in [6.45, 7) is 17.8. The number of phenols is 2. The molecule has 2 atom stereocenters. The Morgan fingerprint density at radius 2 is 1.22 bits per heavy atom. The lowest BCUT2D eigenvalue weighted by atomic mass is 9.67. The van der Waals surface area contributed by atoms with E-state index in [9.17, 15) is 20.4 Å². The molecule has 0 fully saturated rings. The summed E-state index contributed by atoms with van der Waals surface area (Å²) in [6, 6.07) is 8.56. The SMILES string of the molecule is CCC(C)(C)c1cc(CCCO)cc(C(c2cc(CCCO)cc(C(C)(C)CC)c2O)C2CCC(C)=CC2C)c1O. The first-order valence-corrected chi connectivity index (χ1v) is 15.9. The number of aliphatic hydroxyl groups excluding tert-OH is 2. The van der Waals surface area contributed by atoms with Crippen LogP contribution in [-0.4, -0.2) is 33.6 Å². The van der Waals surface area contributed by atoms with Crippen LogP contribution in [-0.2, 0) is 23.7 Å². The van der Waals surface area contributed by atoms with E-state index < -0.39 is 0 Å². The summed E-state index contributed by atoms with van der Waals surface area (Å²) in [6.07, 6.45) is 8.92. The summed E-state index contributed by atoms with van der Waals surface area (Å²) in [4.78, 5) is 0. The van der Waals surface area contributed by atoms with Gasteiger partial charge in [0.1, 0.15) is 11.5 Å². The molecule has 0 heterocycles. The Balaban J connectivity index is 2.42. The average molecular weight is 565 g/mol. The lowest BCUT2D eigenvalue weighted by Gasteiger charge is -2.38. The Bertz CT molecular complexity index is 1130. The highest BCUT2D eigenvalue weighted by Crippen LogP contribution is 2.52. The van der Waals surface area contributed by atoms with Crippen LogP contribution in [0.5, 0.6) is 11.5 Å². The predicted octanol–water partition coefficient (Wildman–Crippen LogP) is 8.45. The molecule has 3 rings (SSSR count). The molecule has 228 valence electrons. The van der Waals surface area contributed by atoms with Crippen LogP contribution in [0.3, 0.4) is 0 Å². The van der Waals surface area contributed by atoms with E-state index in [1.165, 1.54) is 5.57 Å². The Morgan fingerprint density at radius 3 is 1.59 bits per heavy atom. The number of rotatable bonds is 13. The van der Waals surface area contributed by atoms with E-state index in [1.807, 2.05) is 0 Å². The molecule has 2 aromatic rings. The molecule has 1 aliphatic rings. The second-order valence-corrected chi connectivity index (χ2v) is 13.8. The van der Waals surface area contributed by atoms with Gasteiger partial charge >= 0.3 is 0 Å². The van der Waals surface area contributed by atoms with Gasteiger partial charge in [0.15, 0.2) is 0 Å². The Labute approximate surface area is 249 Å². The second-order valence-electron chi connectivity index (χ2n) is 13.8. The van der Waals surface area contributed by atoms with Gasteiger partial charge in [-0.2, -0.15) is 0 Å². The smallest absolute Gasteiger partial charge is 0.123 e. The van der Waals surface area contributed by atoms with Crippen molar-refractivity contribution in [1.82, 2.24) is 0 Å². The molecule has 0 saturated heterocycles. The van der Waals surface area contributed by atoms with Crippen LogP contribution in [0.25, 0.3) is 0 Å². The van der Waals surface area contributed by atoms with Crippen LogP contribution in [0.1, 0.15) is 133 Å². The minimum Gasteiger partial charge on any atom is -0.507 e. The van der Waals surface area contributed by atoms with Crippen molar-refractivity contribution in [3.8, 4) is 11.5 Å². The molecular formula is C37H56O4. The summed E-state index contributed by atoms with van der Waals surface area (Å²) in [5.41, 5.74) is 6.83. The topological polar surface area (TPSA) is 80.9 Å². The first kappa shape index (κ1) is 33.2. The first-order valence-electron chi connectivity index (χ1n) is 15.9. The summed E-state index contributed by atoms with van der Waals surface area (Å²) >= 11 is 0. The normalized spacial score (nSPS) is 18.2. The van der Waals surface area contributed by atoms with Gasteiger partial charge in [0, 0.05) is 41.4 Å². The molecule has 1 aliphatic carbocycles. The van der Waals surface area contributed by atoms with E-state index >= 15 is 0 Å². The molecule has 2 aromatic carbocycles. The first-order chi connectivity index (χ1) is 19.3. The third-order valence-corrected chi connectivity index (χ3v) is 10.1. The molecule has 4 heteroatoms. The van der Waals surface area contributed by atoms with Crippen molar-refractivity contribution < 1.29 is 20.4 Å². The molecular weight excluding hydrogens is 508 g/mol. The van der Waals surface area contributed by atoms with Crippen LogP contribution in [0, 0.1) is 11.8 Å². The molecule has 0 saturated carbocycles. The van der Waals surface area contributed by atoms with Gasteiger partial charge in [0.2, 0.25) is 0 Å². The lowest BCUT2D eigenvalue weighted by Crippen LogP contribution is -2.26. The van der Waals surface area contributed by atoms with Gasteiger partial charge in [0.25, 0.3) is 0 Å². The minimum atomic E-state index is -0.229. The molecule has 41 heavy (non-hydrogen) atoms. The van der Waals surface area contributed by atoms with Gasteiger partial charge in [-0.05, 0) is 92.1 Å². The highest BCUT2D eigenvalue weighted by molar-refractivity contribution is 5.57. The number of phenolic OH excluding ortho intramolecular Hbond substituents is 2. The van der Waals surface area contributed by atoms with Gasteiger partial charge in [-0.15, -0.1) is 0 Å². The van der Waals surface area contributed by atoms with E-state index in [1.54, 1.807) is 0 Å². The van der Waals surface area contributed by atoms with Crippen LogP contribution in [0.4, 0.5) is 0 Å². The van der Waals surface area contributed by atoms with Crippen molar-refractivity contribution in [3.05, 3.63) is 69.3 Å². The van der Waals surface area contributed by atoms with Crippen molar-refractivity contribution in [2.75, 3.05) is 13.2 Å². The number of allylic oxidation sites excluding steroid dienone is 2. The Morgan fingerprint density at radius 1 is 0.780 bits per heavy atom. The monoisotopic (exact) mass is 564 g/mol. The number of hydrogen-bond donors (Lipinski definition) is 4. The maximum atomic E-state index is 12.1. The molecule has 0 bridgehead atoms. The van der Waals surface area contributed by atoms with Crippen molar-refractivity contribution in [2.24, 2.45) is 11.8 Å². The minimum absolute atomic E-state index is 0.124. The molecule has 0 spiro atoms. The molecule has 4 N–H and O–H groups in total. The fourth-order valence-corrected chi connectivity index (χ4v) is 6.59. The zero-order valence-corrected chi connectivity index (χ0v) is 27.0. The van der Waals surface area contributed by atoms with Crippen LogP contribution < -0.4 is 0 Å². The number of benzene rings is 2. The number of hydrogen-bond acceptors (Lipinski definition) is 4. The number of aliphatic hydroxyl groups is 2. The molecule has 0 radical (unpaired) electrons. The Hall–Kier alpha value is -2.30. The highest BCUT2D eigenvalue weighted by Gasteiger charge is 2.37.